The summed E-state index contributed by atoms with van der Waals surface area (Å²) >= 11 is 0. The monoisotopic (exact) mass is 666 g/mol. The molecule has 0 spiro atoms. The van der Waals surface area contributed by atoms with Crippen LogP contribution >= 0.6 is 0 Å². The SMILES string of the molecule is CN1c2cc(-n3c4ccccc4c4ccccc43)ccc2-c2cc3c(c4cccc1c24)C1C=CC(n2c4ccccc4c4ccccc42)=CC1N3C. The van der Waals surface area contributed by atoms with Gasteiger partial charge in [-0.25, -0.2) is 0 Å². The number of allylic oxidation sites excluding steroid dienone is 2. The predicted octanol–water partition coefficient (Wildman–Crippen LogP) is 11.8. The van der Waals surface area contributed by atoms with E-state index < -0.39 is 0 Å². The van der Waals surface area contributed by atoms with Gasteiger partial charge in [0.25, 0.3) is 0 Å². The Kier molecular flexibility index (Phi) is 5.45. The molecule has 2 aliphatic heterocycles. The molecule has 7 aromatic carbocycles. The molecule has 2 atom stereocenters. The first kappa shape index (κ1) is 28.2. The maximum atomic E-state index is 2.52. The van der Waals surface area contributed by atoms with E-state index in [1.54, 1.807) is 0 Å². The third kappa shape index (κ3) is 3.51. The van der Waals surface area contributed by atoms with Gasteiger partial charge in [-0.1, -0.05) is 97.1 Å². The van der Waals surface area contributed by atoms with Gasteiger partial charge in [-0.3, -0.25) is 0 Å². The molecule has 2 unspecified atom stereocenters. The summed E-state index contributed by atoms with van der Waals surface area (Å²) in [6, 6.07) is 51.7. The van der Waals surface area contributed by atoms with Gasteiger partial charge in [0.1, 0.15) is 0 Å². The van der Waals surface area contributed by atoms with Crippen molar-refractivity contribution in [2.45, 2.75) is 12.0 Å². The van der Waals surface area contributed by atoms with Gasteiger partial charge in [0.05, 0.1) is 33.8 Å². The lowest BCUT2D eigenvalue weighted by atomic mass is 9.83. The molecule has 4 nitrogen and oxygen atoms in total. The number of aromatic nitrogens is 2. The largest absolute Gasteiger partial charge is 0.367 e. The Labute approximate surface area is 301 Å². The summed E-state index contributed by atoms with van der Waals surface area (Å²) < 4.78 is 4.87. The van der Waals surface area contributed by atoms with Crippen molar-refractivity contribution in [3.05, 3.63) is 163 Å². The summed E-state index contributed by atoms with van der Waals surface area (Å²) in [6.07, 6.45) is 7.31. The molecule has 246 valence electrons. The smallest absolute Gasteiger partial charge is 0.0597 e. The van der Waals surface area contributed by atoms with E-state index >= 15 is 0 Å². The van der Waals surface area contributed by atoms with Crippen LogP contribution in [0.3, 0.4) is 0 Å². The second-order valence-corrected chi connectivity index (χ2v) is 14.6. The lowest BCUT2D eigenvalue weighted by molar-refractivity contribution is 0.724. The molecule has 0 saturated heterocycles. The molecule has 52 heavy (non-hydrogen) atoms. The van der Waals surface area contributed by atoms with Crippen LogP contribution in [-0.4, -0.2) is 29.3 Å². The number of likely N-dealkylation sites (N-methyl/N-ethyl adjacent to an activating group) is 1. The highest BCUT2D eigenvalue weighted by Crippen LogP contribution is 2.55. The van der Waals surface area contributed by atoms with Gasteiger partial charge in [0.2, 0.25) is 0 Å². The Hall–Kier alpha value is -6.52. The van der Waals surface area contributed by atoms with Gasteiger partial charge in [-0.15, -0.1) is 0 Å². The number of fused-ring (bicyclic) bond motifs is 12. The Balaban J connectivity index is 1.03. The minimum atomic E-state index is 0.215. The van der Waals surface area contributed by atoms with Crippen LogP contribution in [0.1, 0.15) is 11.5 Å². The third-order valence-corrected chi connectivity index (χ3v) is 12.2. The molecule has 3 aliphatic rings. The predicted molar refractivity (Wildman–Crippen MR) is 220 cm³/mol. The van der Waals surface area contributed by atoms with E-state index in [1.807, 2.05) is 0 Å². The lowest BCUT2D eigenvalue weighted by Crippen LogP contribution is -2.29. The number of nitrogens with zero attached hydrogens (tertiary/aromatic N) is 4. The topological polar surface area (TPSA) is 16.3 Å². The molecule has 0 amide bonds. The Morgan fingerprint density at radius 3 is 1.69 bits per heavy atom. The maximum Gasteiger partial charge on any atom is 0.0597 e. The number of hydrogen-bond donors (Lipinski definition) is 0. The van der Waals surface area contributed by atoms with Crippen molar-refractivity contribution in [3.8, 4) is 16.8 Å². The quantitative estimate of drug-likeness (QED) is 0.183. The van der Waals surface area contributed by atoms with E-state index in [4.69, 9.17) is 0 Å². The molecule has 0 bridgehead atoms. The van der Waals surface area contributed by atoms with Crippen LogP contribution < -0.4 is 9.80 Å². The van der Waals surface area contributed by atoms with Crippen molar-refractivity contribution in [2.24, 2.45) is 0 Å². The average molecular weight is 667 g/mol. The number of hydrogen-bond acceptors (Lipinski definition) is 2. The molecule has 9 aromatic rings. The van der Waals surface area contributed by atoms with Crippen molar-refractivity contribution >= 4 is 77.1 Å². The lowest BCUT2D eigenvalue weighted by Gasteiger charge is -2.32. The van der Waals surface area contributed by atoms with Crippen LogP contribution in [0.2, 0.25) is 0 Å². The van der Waals surface area contributed by atoms with Gasteiger partial charge in [-0.05, 0) is 77.2 Å². The molecule has 0 saturated carbocycles. The van der Waals surface area contributed by atoms with Crippen molar-refractivity contribution in [2.75, 3.05) is 23.9 Å². The third-order valence-electron chi connectivity index (χ3n) is 12.2. The van der Waals surface area contributed by atoms with Crippen LogP contribution in [0.5, 0.6) is 0 Å². The first-order valence-electron chi connectivity index (χ1n) is 18.2. The molecule has 12 rings (SSSR count). The summed E-state index contributed by atoms with van der Waals surface area (Å²) in [6.45, 7) is 0. The molecule has 0 radical (unpaired) electrons. The van der Waals surface area contributed by atoms with Gasteiger partial charge >= 0.3 is 0 Å². The minimum absolute atomic E-state index is 0.215. The molecule has 2 aromatic heterocycles. The van der Waals surface area contributed by atoms with Gasteiger partial charge in [0.15, 0.2) is 0 Å². The number of para-hydroxylation sites is 4. The van der Waals surface area contributed by atoms with Gasteiger partial charge in [-0.2, -0.15) is 0 Å². The first-order chi connectivity index (χ1) is 25.7. The highest BCUT2D eigenvalue weighted by Gasteiger charge is 2.39. The van der Waals surface area contributed by atoms with Gasteiger partial charge in [0, 0.05) is 75.3 Å². The summed E-state index contributed by atoms with van der Waals surface area (Å²) in [5.41, 5.74) is 15.2. The van der Waals surface area contributed by atoms with Crippen molar-refractivity contribution in [1.29, 1.82) is 0 Å². The molecule has 4 heterocycles. The zero-order chi connectivity index (χ0) is 34.2. The van der Waals surface area contributed by atoms with Crippen LogP contribution in [0.4, 0.5) is 17.1 Å². The minimum Gasteiger partial charge on any atom is -0.367 e. The van der Waals surface area contributed by atoms with Crippen LogP contribution in [0.15, 0.2) is 158 Å². The molecule has 1 aliphatic carbocycles. The van der Waals surface area contributed by atoms with E-state index in [2.05, 4.69) is 191 Å². The van der Waals surface area contributed by atoms with E-state index in [0.717, 1.165) is 0 Å². The Morgan fingerprint density at radius 2 is 1.06 bits per heavy atom. The zero-order valence-electron chi connectivity index (χ0n) is 29.0. The highest BCUT2D eigenvalue weighted by molar-refractivity contribution is 6.16. The maximum absolute atomic E-state index is 2.52. The number of anilines is 3. The molecule has 0 fully saturated rings. The van der Waals surface area contributed by atoms with E-state index in [-0.39, 0.29) is 12.0 Å². The summed E-state index contributed by atoms with van der Waals surface area (Å²) in [7, 11) is 4.52. The van der Waals surface area contributed by atoms with E-state index in [0.29, 0.717) is 0 Å². The molecule has 4 heteroatoms. The van der Waals surface area contributed by atoms with Gasteiger partial charge < -0.3 is 18.9 Å². The van der Waals surface area contributed by atoms with Crippen molar-refractivity contribution in [1.82, 2.24) is 9.13 Å². The van der Waals surface area contributed by atoms with E-state index in [9.17, 15) is 0 Å². The molecular formula is C48H34N4. The Bertz CT molecular complexity index is 2970. The summed E-state index contributed by atoms with van der Waals surface area (Å²) in [4.78, 5) is 4.92. The number of benzene rings is 7. The van der Waals surface area contributed by atoms with Crippen molar-refractivity contribution < 1.29 is 0 Å². The summed E-state index contributed by atoms with van der Waals surface area (Å²) in [5.74, 6) is 0.269. The van der Waals surface area contributed by atoms with Crippen LogP contribution in [-0.2, 0) is 0 Å². The van der Waals surface area contributed by atoms with Crippen molar-refractivity contribution in [3.63, 3.8) is 0 Å². The fourth-order valence-electron chi connectivity index (χ4n) is 9.88. The van der Waals surface area contributed by atoms with Crippen LogP contribution in [0, 0.1) is 0 Å². The van der Waals surface area contributed by atoms with E-state index in [1.165, 1.54) is 99.5 Å². The molecule has 0 N–H and O–H groups in total. The number of rotatable bonds is 2. The standard InChI is InChI=1S/C48H34N4/c1-49-43-21-11-16-37-47-36-25-23-30(52-41-19-9-5-14-33(41)34-15-6-10-20-42(34)52)27-45(36)50(2)46(47)28-38(48(37)43)35-24-22-29(26-44(35)49)51-39-17-7-3-12-31(39)32-13-4-8-18-40(32)51/h3-28,36,45H,1-2H3. The fraction of sp³-hybridized carbons (Fsp3) is 0.0833. The van der Waals surface area contributed by atoms with Crippen LogP contribution in [0.25, 0.3) is 76.9 Å². The second-order valence-electron chi connectivity index (χ2n) is 14.6. The average Bonchev–Trinajstić information content (AvgIpc) is 3.82. The summed E-state index contributed by atoms with van der Waals surface area (Å²) in [5, 5.41) is 7.85. The molecular weight excluding hydrogens is 633 g/mol. The zero-order valence-corrected chi connectivity index (χ0v) is 29.0. The normalized spacial score (nSPS) is 17.4. The fourth-order valence-corrected chi connectivity index (χ4v) is 9.88. The first-order valence-corrected chi connectivity index (χ1v) is 18.2. The Morgan fingerprint density at radius 1 is 0.481 bits per heavy atom. The highest BCUT2D eigenvalue weighted by atomic mass is 15.2. The second kappa shape index (κ2) is 10.0.